The van der Waals surface area contributed by atoms with Crippen LogP contribution in [0.2, 0.25) is 5.02 Å². The van der Waals surface area contributed by atoms with E-state index in [4.69, 9.17) is 11.6 Å². The largest absolute Gasteiger partial charge is 0.436 e. The number of hydrogen-bond acceptors (Lipinski definition) is 4. The minimum atomic E-state index is -4.77. The number of nitrogens with zero attached hydrogens (tertiary/aromatic N) is 3. The Labute approximate surface area is 130 Å². The molecule has 118 valence electrons. The fourth-order valence-electron chi connectivity index (χ4n) is 1.53. The van der Waals surface area contributed by atoms with Gasteiger partial charge in [-0.3, -0.25) is 9.48 Å². The molecule has 0 saturated carbocycles. The van der Waals surface area contributed by atoms with E-state index in [-0.39, 0.29) is 0 Å². The molecule has 0 atom stereocenters. The van der Waals surface area contributed by atoms with E-state index in [0.29, 0.717) is 9.56 Å². The Balaban J connectivity index is 2.16. The monoisotopic (exact) mass is 354 g/mol. The number of rotatable bonds is 3. The maximum atomic E-state index is 12.7. The van der Waals surface area contributed by atoms with Gasteiger partial charge in [-0.05, 0) is 12.1 Å². The average molecular weight is 355 g/mol. The van der Waals surface area contributed by atoms with E-state index < -0.39 is 33.6 Å². The predicted molar refractivity (Wildman–Crippen MR) is 72.6 cm³/mol. The first-order chi connectivity index (χ1) is 10.2. The highest BCUT2D eigenvalue weighted by molar-refractivity contribution is 7.12. The lowest BCUT2D eigenvalue weighted by atomic mass is 10.3. The molecule has 0 aliphatic carbocycles. The standard InChI is InChI=1S/C11H7ClF4N4OS/c1-20-8(7(12)9(19-20)11(14,15)16)10(21)18-17-4-5-2-3-6(13)22-5/h2-4H,1H3,(H,18,21)/b17-4-. The molecule has 0 saturated heterocycles. The number of aromatic nitrogens is 2. The molecular formula is C11H7ClF4N4OS. The summed E-state index contributed by atoms with van der Waals surface area (Å²) in [5, 5.41) is 5.45. The second-order valence-corrected chi connectivity index (χ2v) is 5.42. The van der Waals surface area contributed by atoms with Gasteiger partial charge in [0.25, 0.3) is 5.91 Å². The van der Waals surface area contributed by atoms with E-state index in [2.05, 4.69) is 10.2 Å². The van der Waals surface area contributed by atoms with Crippen LogP contribution in [0.4, 0.5) is 17.6 Å². The molecule has 0 unspecified atom stereocenters. The zero-order valence-corrected chi connectivity index (χ0v) is 12.4. The Kier molecular flexibility index (Phi) is 4.52. The summed E-state index contributed by atoms with van der Waals surface area (Å²) in [5.74, 6) is -0.969. The van der Waals surface area contributed by atoms with Crippen molar-refractivity contribution in [2.75, 3.05) is 0 Å². The Morgan fingerprint density at radius 2 is 2.18 bits per heavy atom. The van der Waals surface area contributed by atoms with Crippen molar-refractivity contribution >= 4 is 35.1 Å². The second kappa shape index (κ2) is 6.05. The highest BCUT2D eigenvalue weighted by atomic mass is 35.5. The van der Waals surface area contributed by atoms with Crippen LogP contribution in [-0.2, 0) is 13.2 Å². The summed E-state index contributed by atoms with van der Waals surface area (Å²) in [5.41, 5.74) is 0.167. The van der Waals surface area contributed by atoms with E-state index in [9.17, 15) is 22.4 Å². The van der Waals surface area contributed by atoms with Crippen LogP contribution in [0.15, 0.2) is 17.2 Å². The fraction of sp³-hybridized carbons (Fsp3) is 0.182. The number of halogens is 5. The van der Waals surface area contributed by atoms with Crippen molar-refractivity contribution in [3.8, 4) is 0 Å². The van der Waals surface area contributed by atoms with Gasteiger partial charge in [0, 0.05) is 7.05 Å². The Morgan fingerprint density at radius 1 is 1.50 bits per heavy atom. The Hall–Kier alpha value is -1.94. The number of thiophene rings is 1. The van der Waals surface area contributed by atoms with Crippen LogP contribution in [0, 0.1) is 5.13 Å². The van der Waals surface area contributed by atoms with Crippen LogP contribution in [0.1, 0.15) is 21.1 Å². The first-order valence-electron chi connectivity index (χ1n) is 5.58. The molecule has 0 aliphatic rings. The second-order valence-electron chi connectivity index (χ2n) is 3.97. The summed E-state index contributed by atoms with van der Waals surface area (Å²) in [6, 6.07) is 2.63. The Morgan fingerprint density at radius 3 is 2.68 bits per heavy atom. The molecule has 0 aliphatic heterocycles. The lowest BCUT2D eigenvalue weighted by Crippen LogP contribution is -2.21. The third-order valence-corrected chi connectivity index (χ3v) is 3.59. The average Bonchev–Trinajstić information content (AvgIpc) is 2.93. The molecular weight excluding hydrogens is 348 g/mol. The van der Waals surface area contributed by atoms with Crippen LogP contribution < -0.4 is 5.43 Å². The molecule has 2 aromatic heterocycles. The number of hydrazone groups is 1. The van der Waals surface area contributed by atoms with E-state index in [1.807, 2.05) is 5.43 Å². The van der Waals surface area contributed by atoms with E-state index in [1.165, 1.54) is 12.1 Å². The van der Waals surface area contributed by atoms with Crippen molar-refractivity contribution in [2.45, 2.75) is 6.18 Å². The van der Waals surface area contributed by atoms with Gasteiger partial charge in [-0.2, -0.15) is 27.8 Å². The molecule has 22 heavy (non-hydrogen) atoms. The lowest BCUT2D eigenvalue weighted by Gasteiger charge is -2.01. The summed E-state index contributed by atoms with van der Waals surface area (Å²) in [6.07, 6.45) is -3.62. The van der Waals surface area contributed by atoms with Crippen molar-refractivity contribution < 1.29 is 22.4 Å². The van der Waals surface area contributed by atoms with Crippen molar-refractivity contribution in [2.24, 2.45) is 12.1 Å². The molecule has 11 heteroatoms. The minimum Gasteiger partial charge on any atom is -0.266 e. The van der Waals surface area contributed by atoms with Crippen molar-refractivity contribution in [1.29, 1.82) is 0 Å². The summed E-state index contributed by atoms with van der Waals surface area (Å²) in [6.45, 7) is 0. The fourth-order valence-corrected chi connectivity index (χ4v) is 2.49. The van der Waals surface area contributed by atoms with Crippen molar-refractivity contribution in [3.63, 3.8) is 0 Å². The molecule has 0 aromatic carbocycles. The zero-order valence-electron chi connectivity index (χ0n) is 10.8. The van der Waals surface area contributed by atoms with Gasteiger partial charge in [-0.1, -0.05) is 11.6 Å². The quantitative estimate of drug-likeness (QED) is 0.523. The molecule has 2 rings (SSSR count). The highest BCUT2D eigenvalue weighted by Crippen LogP contribution is 2.35. The van der Waals surface area contributed by atoms with Gasteiger partial charge in [0.1, 0.15) is 10.7 Å². The van der Waals surface area contributed by atoms with Gasteiger partial charge in [-0.25, -0.2) is 5.43 Å². The summed E-state index contributed by atoms with van der Waals surface area (Å²) >= 11 is 6.33. The van der Waals surface area contributed by atoms with Crippen LogP contribution in [0.3, 0.4) is 0 Å². The summed E-state index contributed by atoms with van der Waals surface area (Å²) < 4.78 is 51.3. The number of aryl methyl sites for hydroxylation is 1. The van der Waals surface area contributed by atoms with E-state index in [0.717, 1.165) is 24.6 Å². The molecule has 2 aromatic rings. The smallest absolute Gasteiger partial charge is 0.266 e. The Bertz CT molecular complexity index is 737. The van der Waals surface area contributed by atoms with Crippen molar-refractivity contribution in [1.82, 2.24) is 15.2 Å². The van der Waals surface area contributed by atoms with E-state index in [1.54, 1.807) is 0 Å². The summed E-state index contributed by atoms with van der Waals surface area (Å²) in [7, 11) is 1.15. The molecule has 0 fully saturated rings. The van der Waals surface area contributed by atoms with Crippen LogP contribution in [0.5, 0.6) is 0 Å². The molecule has 1 amide bonds. The van der Waals surface area contributed by atoms with Gasteiger partial charge in [0.15, 0.2) is 10.8 Å². The lowest BCUT2D eigenvalue weighted by molar-refractivity contribution is -0.141. The third-order valence-electron chi connectivity index (χ3n) is 2.42. The zero-order chi connectivity index (χ0) is 16.5. The number of carbonyl (C=O) groups is 1. The first kappa shape index (κ1) is 16.4. The molecule has 5 nitrogen and oxygen atoms in total. The molecule has 0 spiro atoms. The maximum absolute atomic E-state index is 12.7. The summed E-state index contributed by atoms with van der Waals surface area (Å²) in [4.78, 5) is 12.2. The molecule has 0 bridgehead atoms. The highest BCUT2D eigenvalue weighted by Gasteiger charge is 2.39. The number of carbonyl (C=O) groups excluding carboxylic acids is 1. The van der Waals surface area contributed by atoms with Gasteiger partial charge in [0.2, 0.25) is 0 Å². The van der Waals surface area contributed by atoms with Crippen molar-refractivity contribution in [3.05, 3.63) is 38.6 Å². The molecule has 1 N–H and O–H groups in total. The van der Waals surface area contributed by atoms with E-state index >= 15 is 0 Å². The normalized spacial score (nSPS) is 12.1. The minimum absolute atomic E-state index is 0.421. The number of hydrogen-bond donors (Lipinski definition) is 1. The van der Waals surface area contributed by atoms with Crippen LogP contribution in [-0.4, -0.2) is 21.9 Å². The van der Waals surface area contributed by atoms with Gasteiger partial charge >= 0.3 is 6.18 Å². The number of amides is 1. The first-order valence-corrected chi connectivity index (χ1v) is 6.78. The van der Waals surface area contributed by atoms with Gasteiger partial charge in [-0.15, -0.1) is 11.3 Å². The number of nitrogens with one attached hydrogen (secondary N) is 1. The third kappa shape index (κ3) is 3.45. The van der Waals surface area contributed by atoms with Gasteiger partial charge < -0.3 is 0 Å². The SMILES string of the molecule is Cn1nc(C(F)(F)F)c(Cl)c1C(=O)N/N=C\c1ccc(F)s1. The van der Waals surface area contributed by atoms with Gasteiger partial charge in [0.05, 0.1) is 11.1 Å². The molecule has 2 heterocycles. The maximum Gasteiger partial charge on any atom is 0.436 e. The molecule has 0 radical (unpaired) electrons. The number of alkyl halides is 3. The predicted octanol–water partition coefficient (Wildman–Crippen LogP) is 3.06. The topological polar surface area (TPSA) is 59.3 Å². The van der Waals surface area contributed by atoms with Crippen LogP contribution >= 0.6 is 22.9 Å². The van der Waals surface area contributed by atoms with Crippen LogP contribution in [0.25, 0.3) is 0 Å².